The maximum Gasteiger partial charge on any atom is 0.319 e. The fourth-order valence-corrected chi connectivity index (χ4v) is 6.10. The van der Waals surface area contributed by atoms with Crippen LogP contribution in [0.15, 0.2) is 78.1 Å². The molecule has 0 aliphatic carbocycles. The van der Waals surface area contributed by atoms with Gasteiger partial charge in [-0.05, 0) is 73.0 Å². The van der Waals surface area contributed by atoms with Crippen LogP contribution in [0.1, 0.15) is 29.7 Å². The molecule has 1 aromatic heterocycles. The van der Waals surface area contributed by atoms with Crippen molar-refractivity contribution in [1.82, 2.24) is 20.6 Å². The van der Waals surface area contributed by atoms with Gasteiger partial charge in [0.25, 0.3) is 10.0 Å². The number of fused-ring (bicyclic) bond motifs is 1. The molecule has 206 valence electrons. The predicted octanol–water partition coefficient (Wildman–Crippen LogP) is 5.78. The van der Waals surface area contributed by atoms with Crippen LogP contribution in [0, 0.1) is 0 Å². The highest BCUT2D eigenvalue weighted by molar-refractivity contribution is 7.92. The fourth-order valence-electron chi connectivity index (χ4n) is 4.45. The van der Waals surface area contributed by atoms with Crippen LogP contribution in [0.4, 0.5) is 16.2 Å². The third-order valence-corrected chi connectivity index (χ3v) is 8.83. The van der Waals surface area contributed by atoms with Gasteiger partial charge < -0.3 is 16.0 Å². The van der Waals surface area contributed by atoms with E-state index in [1.54, 1.807) is 43.7 Å². The van der Waals surface area contributed by atoms with Crippen LogP contribution in [-0.2, 0) is 23.0 Å². The van der Waals surface area contributed by atoms with Crippen LogP contribution in [0.25, 0.3) is 11.3 Å². The first-order chi connectivity index (χ1) is 19.2. The minimum Gasteiger partial charge on any atom is -0.331 e. The number of hydrogen-bond acceptors (Lipinski definition) is 6. The molecular formula is C28H26Cl2N6O3S. The molecule has 4 aromatic rings. The molecular weight excluding hydrogens is 571 g/mol. The summed E-state index contributed by atoms with van der Waals surface area (Å²) in [6.45, 7) is 3.42. The minimum absolute atomic E-state index is 0.0795. The number of rotatable bonds is 7. The van der Waals surface area contributed by atoms with Gasteiger partial charge >= 0.3 is 6.03 Å². The molecule has 5 rings (SSSR count). The molecule has 0 spiro atoms. The number of amides is 2. The van der Waals surface area contributed by atoms with E-state index in [-0.39, 0.29) is 4.90 Å². The molecule has 0 unspecified atom stereocenters. The Morgan fingerprint density at radius 1 is 0.975 bits per heavy atom. The zero-order chi connectivity index (χ0) is 28.3. The van der Waals surface area contributed by atoms with Crippen LogP contribution in [0.3, 0.4) is 0 Å². The van der Waals surface area contributed by atoms with Gasteiger partial charge in [-0.15, -0.1) is 0 Å². The largest absolute Gasteiger partial charge is 0.331 e. The first-order valence-electron chi connectivity index (χ1n) is 12.5. The Labute approximate surface area is 242 Å². The summed E-state index contributed by atoms with van der Waals surface area (Å²) in [7, 11) is -3.80. The molecule has 4 N–H and O–H groups in total. The number of nitrogens with one attached hydrogen (secondary N) is 4. The van der Waals surface area contributed by atoms with Crippen molar-refractivity contribution in [2.75, 3.05) is 16.6 Å². The molecule has 0 bridgehead atoms. The van der Waals surface area contributed by atoms with E-state index in [1.807, 2.05) is 12.1 Å². The number of carbonyl (C=O) groups excluding carboxylic acids is 1. The fraction of sp³-hybridized carbons (Fsp3) is 0.179. The molecule has 3 aromatic carbocycles. The lowest BCUT2D eigenvalue weighted by Crippen LogP contribution is -2.31. The maximum absolute atomic E-state index is 12.9. The smallest absolute Gasteiger partial charge is 0.319 e. The highest BCUT2D eigenvalue weighted by Crippen LogP contribution is 2.37. The van der Waals surface area contributed by atoms with Crippen molar-refractivity contribution in [2.24, 2.45) is 0 Å². The highest BCUT2D eigenvalue weighted by atomic mass is 35.5. The van der Waals surface area contributed by atoms with E-state index >= 15 is 0 Å². The second kappa shape index (κ2) is 11.8. The van der Waals surface area contributed by atoms with Gasteiger partial charge in [-0.3, -0.25) is 14.7 Å². The molecule has 0 fully saturated rings. The first-order valence-corrected chi connectivity index (χ1v) is 14.7. The maximum atomic E-state index is 12.9. The summed E-state index contributed by atoms with van der Waals surface area (Å²) < 4.78 is 28.5. The van der Waals surface area contributed by atoms with Crippen molar-refractivity contribution < 1.29 is 13.2 Å². The summed E-state index contributed by atoms with van der Waals surface area (Å²) in [5, 5.41) is 9.44. The van der Waals surface area contributed by atoms with E-state index in [4.69, 9.17) is 23.2 Å². The lowest BCUT2D eigenvalue weighted by molar-refractivity contribution is 0.249. The van der Waals surface area contributed by atoms with Gasteiger partial charge in [-0.1, -0.05) is 41.4 Å². The van der Waals surface area contributed by atoms with E-state index in [9.17, 15) is 13.2 Å². The Morgan fingerprint density at radius 3 is 2.50 bits per heavy atom. The molecule has 1 aliphatic rings. The Kier molecular flexibility index (Phi) is 8.22. The lowest BCUT2D eigenvalue weighted by atomic mass is 10.0. The second-order valence-corrected chi connectivity index (χ2v) is 11.7. The summed E-state index contributed by atoms with van der Waals surface area (Å²) in [4.78, 5) is 21.1. The molecule has 40 heavy (non-hydrogen) atoms. The van der Waals surface area contributed by atoms with Crippen LogP contribution in [0.5, 0.6) is 0 Å². The van der Waals surface area contributed by atoms with E-state index in [0.29, 0.717) is 38.2 Å². The first kappa shape index (κ1) is 27.9. The molecule has 1 aliphatic heterocycles. The summed E-state index contributed by atoms with van der Waals surface area (Å²) in [6, 6.07) is 14.1. The normalized spacial score (nSPS) is 13.7. The third kappa shape index (κ3) is 6.20. The van der Waals surface area contributed by atoms with Crippen LogP contribution in [-0.4, -0.2) is 31.0 Å². The molecule has 0 saturated heterocycles. The monoisotopic (exact) mass is 596 g/mol. The van der Waals surface area contributed by atoms with E-state index in [1.165, 1.54) is 29.8 Å². The number of urea groups is 1. The van der Waals surface area contributed by atoms with Gasteiger partial charge in [0.15, 0.2) is 0 Å². The molecule has 0 radical (unpaired) electrons. The van der Waals surface area contributed by atoms with Gasteiger partial charge in [0, 0.05) is 35.9 Å². The average molecular weight is 598 g/mol. The van der Waals surface area contributed by atoms with E-state index in [0.717, 1.165) is 25.1 Å². The van der Waals surface area contributed by atoms with Crippen molar-refractivity contribution in [3.05, 3.63) is 99.9 Å². The summed E-state index contributed by atoms with van der Waals surface area (Å²) >= 11 is 13.0. The van der Waals surface area contributed by atoms with Gasteiger partial charge in [0.1, 0.15) is 0 Å². The van der Waals surface area contributed by atoms with Gasteiger partial charge in [0.05, 0.1) is 32.9 Å². The number of hydrogen-bond donors (Lipinski definition) is 4. The predicted molar refractivity (Wildman–Crippen MR) is 157 cm³/mol. The molecule has 12 heteroatoms. The minimum atomic E-state index is -3.80. The Hall–Kier alpha value is -3.70. The Balaban J connectivity index is 1.21. The molecule has 9 nitrogen and oxygen atoms in total. The number of benzene rings is 3. The van der Waals surface area contributed by atoms with Gasteiger partial charge in [-0.25, -0.2) is 13.2 Å². The van der Waals surface area contributed by atoms with Crippen molar-refractivity contribution in [2.45, 2.75) is 30.8 Å². The second-order valence-electron chi connectivity index (χ2n) is 9.28. The molecule has 2 amide bonds. The topological polar surface area (TPSA) is 125 Å². The van der Waals surface area contributed by atoms with Crippen molar-refractivity contribution >= 4 is 50.6 Å². The SMILES string of the molecule is C[C@H](NC(=O)Nc1ccc(S(=O)(=O)Nc2ccc3c(c2)CCNC3)cc1)c1ccc(-c2cnccn2)c(Cl)c1Cl. The number of halogens is 2. The third-order valence-electron chi connectivity index (χ3n) is 6.53. The Morgan fingerprint density at radius 2 is 1.75 bits per heavy atom. The number of nitrogens with zero attached hydrogens (tertiary/aromatic N) is 2. The van der Waals surface area contributed by atoms with Crippen molar-refractivity contribution in [3.8, 4) is 11.3 Å². The van der Waals surface area contributed by atoms with E-state index in [2.05, 4.69) is 30.6 Å². The van der Waals surface area contributed by atoms with Crippen LogP contribution in [0.2, 0.25) is 10.0 Å². The molecule has 1 atom stereocenters. The number of aromatic nitrogens is 2. The van der Waals surface area contributed by atoms with Gasteiger partial charge in [-0.2, -0.15) is 0 Å². The van der Waals surface area contributed by atoms with Crippen LogP contribution >= 0.6 is 23.2 Å². The number of anilines is 2. The highest BCUT2D eigenvalue weighted by Gasteiger charge is 2.19. The zero-order valence-corrected chi connectivity index (χ0v) is 23.7. The van der Waals surface area contributed by atoms with Crippen molar-refractivity contribution in [3.63, 3.8) is 0 Å². The summed E-state index contributed by atoms with van der Waals surface area (Å²) in [6.07, 6.45) is 5.56. The Bertz CT molecular complexity index is 1650. The summed E-state index contributed by atoms with van der Waals surface area (Å²) in [5.74, 6) is 0. The molecule has 0 saturated carbocycles. The summed E-state index contributed by atoms with van der Waals surface area (Å²) in [5.41, 5.74) is 5.08. The number of sulfonamides is 1. The van der Waals surface area contributed by atoms with E-state index < -0.39 is 22.1 Å². The quantitative estimate of drug-likeness (QED) is 0.214. The lowest BCUT2D eigenvalue weighted by Gasteiger charge is -2.19. The van der Waals surface area contributed by atoms with Gasteiger partial charge in [0.2, 0.25) is 0 Å². The molecule has 2 heterocycles. The zero-order valence-electron chi connectivity index (χ0n) is 21.4. The van der Waals surface area contributed by atoms with Crippen molar-refractivity contribution in [1.29, 1.82) is 0 Å². The standard InChI is InChI=1S/C28H26Cl2N6O3S/c1-17(23-8-9-24(27(30)26(23)29)25-16-32-12-13-33-25)34-28(37)35-20-4-6-22(7-5-20)40(38,39)36-21-3-2-19-15-31-11-10-18(19)14-21/h2-9,12-14,16-17,31,36H,10-11,15H2,1H3,(H2,34,35,37)/t17-/m0/s1. The average Bonchev–Trinajstić information content (AvgIpc) is 2.95. The number of carbonyl (C=O) groups is 1. The van der Waals surface area contributed by atoms with Crippen LogP contribution < -0.4 is 20.7 Å².